The Morgan fingerprint density at radius 1 is 1.08 bits per heavy atom. The zero-order valence-corrected chi connectivity index (χ0v) is 15.0. The molecule has 3 rings (SSSR count). The summed E-state index contributed by atoms with van der Waals surface area (Å²) in [7, 11) is 5.99. The monoisotopic (exact) mass is 320 g/mol. The largest absolute Gasteiger partial charge is 0.378 e. The highest BCUT2D eigenvalue weighted by Gasteiger charge is 2.38. The summed E-state index contributed by atoms with van der Waals surface area (Å²) < 4.78 is 0. The Bertz CT molecular complexity index is 818. The average molecular weight is 320 g/mol. The van der Waals surface area contributed by atoms with Crippen LogP contribution in [0, 0.1) is 0 Å². The molecule has 0 atom stereocenters. The quantitative estimate of drug-likeness (QED) is 0.624. The van der Waals surface area contributed by atoms with Crippen molar-refractivity contribution in [2.24, 2.45) is 0 Å². The highest BCUT2D eigenvalue weighted by molar-refractivity contribution is 6.06. The number of hydrogen-bond acceptors (Lipinski definition) is 3. The van der Waals surface area contributed by atoms with E-state index in [1.165, 1.54) is 11.3 Å². The number of fused-ring (bicyclic) bond motifs is 1. The minimum atomic E-state index is -0.180. The lowest BCUT2D eigenvalue weighted by molar-refractivity contribution is 0.104. The molecule has 24 heavy (non-hydrogen) atoms. The molecule has 0 unspecified atom stereocenters. The minimum absolute atomic E-state index is 0.0430. The van der Waals surface area contributed by atoms with Crippen molar-refractivity contribution in [1.29, 1.82) is 0 Å². The predicted octanol–water partition coefficient (Wildman–Crippen LogP) is 4.25. The molecule has 0 aliphatic carbocycles. The first kappa shape index (κ1) is 16.3. The second-order valence-corrected chi connectivity index (χ2v) is 7.04. The van der Waals surface area contributed by atoms with Gasteiger partial charge in [0.05, 0.1) is 0 Å². The van der Waals surface area contributed by atoms with E-state index in [0.29, 0.717) is 5.56 Å². The normalized spacial score (nSPS) is 17.0. The molecule has 1 aliphatic heterocycles. The SMILES string of the molecule is CN(C)c1cccc(C(=O)/C=C2\N(C)c3ccccc3C2(C)C)c1. The smallest absolute Gasteiger partial charge is 0.187 e. The van der Waals surface area contributed by atoms with Gasteiger partial charge in [-0.25, -0.2) is 0 Å². The van der Waals surface area contributed by atoms with Crippen molar-refractivity contribution in [1.82, 2.24) is 0 Å². The lowest BCUT2D eigenvalue weighted by atomic mass is 9.83. The number of nitrogens with zero attached hydrogens (tertiary/aromatic N) is 2. The molecule has 0 N–H and O–H groups in total. The molecule has 1 heterocycles. The number of allylic oxidation sites excluding steroid dienone is 2. The first-order valence-corrected chi connectivity index (χ1v) is 8.19. The number of rotatable bonds is 3. The van der Waals surface area contributed by atoms with Crippen molar-refractivity contribution in [3.05, 3.63) is 71.4 Å². The Kier molecular flexibility index (Phi) is 3.96. The third kappa shape index (κ3) is 2.60. The maximum atomic E-state index is 12.8. The lowest BCUT2D eigenvalue weighted by Gasteiger charge is -2.24. The molecular formula is C21H24N2O. The van der Waals surface area contributed by atoms with Crippen molar-refractivity contribution >= 4 is 17.2 Å². The van der Waals surface area contributed by atoms with E-state index in [0.717, 1.165) is 11.4 Å². The second-order valence-electron chi connectivity index (χ2n) is 7.04. The first-order valence-electron chi connectivity index (χ1n) is 8.19. The molecule has 0 aromatic heterocycles. The van der Waals surface area contributed by atoms with E-state index >= 15 is 0 Å². The summed E-state index contributed by atoms with van der Waals surface area (Å²) in [5.41, 5.74) is 5.02. The molecular weight excluding hydrogens is 296 g/mol. The third-order valence-corrected chi connectivity index (χ3v) is 4.86. The highest BCUT2D eigenvalue weighted by atomic mass is 16.1. The first-order chi connectivity index (χ1) is 11.3. The molecule has 0 bridgehead atoms. The van der Waals surface area contributed by atoms with Gasteiger partial charge in [0.1, 0.15) is 0 Å². The Balaban J connectivity index is 2.00. The van der Waals surface area contributed by atoms with Crippen LogP contribution >= 0.6 is 0 Å². The number of carbonyl (C=O) groups excluding carboxylic acids is 1. The summed E-state index contributed by atoms with van der Waals surface area (Å²) in [4.78, 5) is 17.0. The number of benzene rings is 2. The van der Waals surface area contributed by atoms with Crippen LogP contribution in [0.1, 0.15) is 29.8 Å². The van der Waals surface area contributed by atoms with Crippen LogP contribution < -0.4 is 9.80 Å². The van der Waals surface area contributed by atoms with Gasteiger partial charge in [-0.1, -0.05) is 44.2 Å². The van der Waals surface area contributed by atoms with Crippen molar-refractivity contribution in [2.75, 3.05) is 30.9 Å². The number of ketones is 1. The van der Waals surface area contributed by atoms with Crippen molar-refractivity contribution in [3.63, 3.8) is 0 Å². The van der Waals surface area contributed by atoms with Crippen LogP contribution in [0.25, 0.3) is 0 Å². The number of likely N-dealkylation sites (N-methyl/N-ethyl adjacent to an activating group) is 1. The highest BCUT2D eigenvalue weighted by Crippen LogP contribution is 2.46. The summed E-state index contributed by atoms with van der Waals surface area (Å²) in [5, 5.41) is 0. The molecule has 3 nitrogen and oxygen atoms in total. The van der Waals surface area contributed by atoms with Gasteiger partial charge in [-0.05, 0) is 23.8 Å². The molecule has 1 aliphatic rings. The van der Waals surface area contributed by atoms with E-state index in [4.69, 9.17) is 0 Å². The van der Waals surface area contributed by atoms with Gasteiger partial charge in [0, 0.05) is 55.3 Å². The Morgan fingerprint density at radius 2 is 1.79 bits per heavy atom. The molecule has 0 fully saturated rings. The molecule has 0 amide bonds. The molecule has 3 heteroatoms. The standard InChI is InChI=1S/C21H24N2O/c1-21(2)17-11-6-7-12-18(17)23(5)20(21)14-19(24)15-9-8-10-16(13-15)22(3)4/h6-14H,1-5H3/b20-14-. The van der Waals surface area contributed by atoms with E-state index in [9.17, 15) is 4.79 Å². The minimum Gasteiger partial charge on any atom is -0.378 e. The number of anilines is 2. The average Bonchev–Trinajstić information content (AvgIpc) is 2.76. The van der Waals surface area contributed by atoms with Gasteiger partial charge < -0.3 is 9.80 Å². The summed E-state index contributed by atoms with van der Waals surface area (Å²) in [6.07, 6.45) is 1.79. The van der Waals surface area contributed by atoms with Crippen LogP contribution in [-0.2, 0) is 5.41 Å². The zero-order chi connectivity index (χ0) is 17.5. The van der Waals surface area contributed by atoms with E-state index in [-0.39, 0.29) is 11.2 Å². The van der Waals surface area contributed by atoms with Crippen molar-refractivity contribution in [3.8, 4) is 0 Å². The van der Waals surface area contributed by atoms with Gasteiger partial charge in [-0.15, -0.1) is 0 Å². The van der Waals surface area contributed by atoms with E-state index in [1.54, 1.807) is 6.08 Å². The van der Waals surface area contributed by atoms with Crippen LogP contribution in [0.5, 0.6) is 0 Å². The van der Waals surface area contributed by atoms with Crippen LogP contribution in [-0.4, -0.2) is 26.9 Å². The van der Waals surface area contributed by atoms with Crippen molar-refractivity contribution in [2.45, 2.75) is 19.3 Å². The van der Waals surface area contributed by atoms with E-state index in [1.807, 2.05) is 56.4 Å². The van der Waals surface area contributed by atoms with Crippen LogP contribution in [0.3, 0.4) is 0 Å². The van der Waals surface area contributed by atoms with Gasteiger partial charge in [-0.3, -0.25) is 4.79 Å². The number of carbonyl (C=O) groups is 1. The number of hydrogen-bond donors (Lipinski definition) is 0. The molecule has 124 valence electrons. The van der Waals surface area contributed by atoms with Crippen LogP contribution in [0.4, 0.5) is 11.4 Å². The van der Waals surface area contributed by atoms with Gasteiger partial charge in [0.2, 0.25) is 0 Å². The Hall–Kier alpha value is -2.55. The topological polar surface area (TPSA) is 23.6 Å². The summed E-state index contributed by atoms with van der Waals surface area (Å²) >= 11 is 0. The Morgan fingerprint density at radius 3 is 2.46 bits per heavy atom. The molecule has 2 aromatic rings. The van der Waals surface area contributed by atoms with Gasteiger partial charge in [-0.2, -0.15) is 0 Å². The predicted molar refractivity (Wildman–Crippen MR) is 101 cm³/mol. The van der Waals surface area contributed by atoms with E-state index in [2.05, 4.69) is 36.9 Å². The lowest BCUT2D eigenvalue weighted by Crippen LogP contribution is -2.24. The maximum Gasteiger partial charge on any atom is 0.187 e. The summed E-state index contributed by atoms with van der Waals surface area (Å²) in [6.45, 7) is 4.34. The van der Waals surface area contributed by atoms with Gasteiger partial charge in [0.15, 0.2) is 5.78 Å². The fourth-order valence-corrected chi connectivity index (χ4v) is 3.40. The summed E-state index contributed by atoms with van der Waals surface area (Å²) in [5.74, 6) is 0.0430. The third-order valence-electron chi connectivity index (χ3n) is 4.86. The van der Waals surface area contributed by atoms with E-state index < -0.39 is 0 Å². The molecule has 0 radical (unpaired) electrons. The van der Waals surface area contributed by atoms with Crippen LogP contribution in [0.2, 0.25) is 0 Å². The zero-order valence-electron chi connectivity index (χ0n) is 15.0. The van der Waals surface area contributed by atoms with Crippen LogP contribution in [0.15, 0.2) is 60.3 Å². The summed E-state index contributed by atoms with van der Waals surface area (Å²) in [6, 6.07) is 16.1. The molecule has 0 spiro atoms. The number of para-hydroxylation sites is 1. The maximum absolute atomic E-state index is 12.8. The molecule has 0 saturated carbocycles. The van der Waals surface area contributed by atoms with Gasteiger partial charge >= 0.3 is 0 Å². The van der Waals surface area contributed by atoms with Crippen molar-refractivity contribution < 1.29 is 4.79 Å². The molecule has 2 aromatic carbocycles. The fraction of sp³-hybridized carbons (Fsp3) is 0.286. The molecule has 0 saturated heterocycles. The second kappa shape index (κ2) is 5.82. The van der Waals surface area contributed by atoms with Gasteiger partial charge in [0.25, 0.3) is 0 Å². The fourth-order valence-electron chi connectivity index (χ4n) is 3.40. The Labute approximate surface area is 144 Å².